The minimum absolute atomic E-state index is 0.109. The van der Waals surface area contributed by atoms with Crippen molar-refractivity contribution in [3.63, 3.8) is 0 Å². The molecule has 0 aliphatic heterocycles. The minimum atomic E-state index is -0.109. The van der Waals surface area contributed by atoms with Gasteiger partial charge in [0.2, 0.25) is 0 Å². The molecule has 4 aliphatic carbocycles. The third-order valence-electron chi connectivity index (χ3n) is 10.8. The molecular formula is C30H48O2. The van der Waals surface area contributed by atoms with Gasteiger partial charge in [-0.05, 0) is 104 Å². The molecule has 0 radical (unpaired) electrons. The van der Waals surface area contributed by atoms with Crippen LogP contribution in [0.2, 0.25) is 0 Å². The fraction of sp³-hybridized carbons (Fsp3) is 0.833. The van der Waals surface area contributed by atoms with Gasteiger partial charge in [0.15, 0.2) is 0 Å². The number of carbonyl (C=O) groups is 1. The van der Waals surface area contributed by atoms with E-state index in [1.54, 1.807) is 6.92 Å². The molecule has 0 unspecified atom stereocenters. The van der Waals surface area contributed by atoms with E-state index in [2.05, 4.69) is 59.8 Å². The average molecular weight is 441 g/mol. The van der Waals surface area contributed by atoms with Crippen molar-refractivity contribution in [3.05, 3.63) is 23.8 Å². The van der Waals surface area contributed by atoms with Crippen LogP contribution in [0.15, 0.2) is 23.8 Å². The summed E-state index contributed by atoms with van der Waals surface area (Å²) in [5, 5.41) is 0. The van der Waals surface area contributed by atoms with Crippen molar-refractivity contribution in [2.24, 2.45) is 52.3 Å². The Morgan fingerprint density at radius 3 is 2.38 bits per heavy atom. The summed E-state index contributed by atoms with van der Waals surface area (Å²) in [4.78, 5) is 11.5. The Kier molecular flexibility index (Phi) is 6.74. The van der Waals surface area contributed by atoms with E-state index in [4.69, 9.17) is 4.74 Å². The monoisotopic (exact) mass is 440 g/mol. The number of esters is 1. The van der Waals surface area contributed by atoms with E-state index in [1.807, 2.05) is 5.57 Å². The summed E-state index contributed by atoms with van der Waals surface area (Å²) in [6, 6.07) is 0. The van der Waals surface area contributed by atoms with Gasteiger partial charge in [-0.1, -0.05) is 65.3 Å². The van der Waals surface area contributed by atoms with Gasteiger partial charge in [0.25, 0.3) is 0 Å². The van der Waals surface area contributed by atoms with Crippen molar-refractivity contribution < 1.29 is 9.53 Å². The second-order valence-electron chi connectivity index (χ2n) is 12.8. The first-order valence-corrected chi connectivity index (χ1v) is 13.6. The normalized spacial score (nSPS) is 43.2. The first-order valence-electron chi connectivity index (χ1n) is 13.6. The average Bonchev–Trinajstić information content (AvgIpc) is 3.08. The predicted octanol–water partition coefficient (Wildman–Crippen LogP) is 7.98. The number of carbonyl (C=O) groups excluding carboxylic acids is 1. The summed E-state index contributed by atoms with van der Waals surface area (Å²) in [7, 11) is 0. The van der Waals surface area contributed by atoms with Gasteiger partial charge in [-0.25, -0.2) is 0 Å². The van der Waals surface area contributed by atoms with Crippen LogP contribution in [0.4, 0.5) is 0 Å². The lowest BCUT2D eigenvalue weighted by molar-refractivity contribution is -0.152. The van der Waals surface area contributed by atoms with Crippen LogP contribution in [0.3, 0.4) is 0 Å². The molecule has 9 atom stereocenters. The quantitative estimate of drug-likeness (QED) is 0.320. The van der Waals surface area contributed by atoms with Crippen LogP contribution in [-0.4, -0.2) is 12.1 Å². The van der Waals surface area contributed by atoms with Crippen LogP contribution in [0.25, 0.3) is 0 Å². The molecule has 4 rings (SSSR count). The zero-order chi connectivity index (χ0) is 23.3. The van der Waals surface area contributed by atoms with Crippen LogP contribution in [0, 0.1) is 52.3 Å². The Balaban J connectivity index is 1.51. The molecule has 0 aromatic rings. The molecule has 3 fully saturated rings. The highest BCUT2D eigenvalue weighted by Gasteiger charge is 2.58. The Morgan fingerprint density at radius 2 is 1.69 bits per heavy atom. The van der Waals surface area contributed by atoms with E-state index in [0.29, 0.717) is 28.6 Å². The van der Waals surface area contributed by atoms with E-state index in [-0.39, 0.29) is 12.1 Å². The zero-order valence-electron chi connectivity index (χ0n) is 21.8. The van der Waals surface area contributed by atoms with Gasteiger partial charge in [0.05, 0.1) is 0 Å². The van der Waals surface area contributed by atoms with Crippen molar-refractivity contribution >= 4 is 5.97 Å². The molecule has 0 spiro atoms. The minimum Gasteiger partial charge on any atom is -0.463 e. The zero-order valence-corrected chi connectivity index (χ0v) is 21.8. The lowest BCUT2D eigenvalue weighted by Crippen LogP contribution is -2.50. The van der Waals surface area contributed by atoms with Gasteiger partial charge >= 0.3 is 5.97 Å². The molecule has 0 amide bonds. The fourth-order valence-electron chi connectivity index (χ4n) is 8.43. The van der Waals surface area contributed by atoms with E-state index in [9.17, 15) is 4.79 Å². The molecule has 0 bridgehead atoms. The van der Waals surface area contributed by atoms with Crippen molar-refractivity contribution in [3.8, 4) is 0 Å². The molecular weight excluding hydrogens is 392 g/mol. The summed E-state index contributed by atoms with van der Waals surface area (Å²) in [5.41, 5.74) is 2.70. The SMILES string of the molecule is CC(=O)O[C@H]1CC[C@@]2(C)[C@H](CC=C3[C@@H]2CC[C@]2(C)[C@@H]([C@@H](C)/C=C/[C@H](C)C(C)C)CC[C@@H]32)C1. The van der Waals surface area contributed by atoms with E-state index in [0.717, 1.165) is 36.5 Å². The highest BCUT2D eigenvalue weighted by molar-refractivity contribution is 5.66. The number of ether oxygens (including phenoxy) is 1. The van der Waals surface area contributed by atoms with E-state index < -0.39 is 0 Å². The van der Waals surface area contributed by atoms with E-state index in [1.165, 1.54) is 38.5 Å². The van der Waals surface area contributed by atoms with Gasteiger partial charge in [-0.15, -0.1) is 0 Å². The Hall–Kier alpha value is -1.05. The van der Waals surface area contributed by atoms with Gasteiger partial charge in [0.1, 0.15) is 6.10 Å². The molecule has 0 N–H and O–H groups in total. The summed E-state index contributed by atoms with van der Waals surface area (Å²) in [5.74, 6) is 4.98. The molecule has 2 heteroatoms. The first kappa shape index (κ1) is 24.1. The van der Waals surface area contributed by atoms with Crippen LogP contribution in [0.5, 0.6) is 0 Å². The fourth-order valence-corrected chi connectivity index (χ4v) is 8.43. The van der Waals surface area contributed by atoms with Gasteiger partial charge in [-0.3, -0.25) is 4.79 Å². The highest BCUT2D eigenvalue weighted by atomic mass is 16.5. The van der Waals surface area contributed by atoms with Crippen LogP contribution < -0.4 is 0 Å². The first-order chi connectivity index (χ1) is 15.1. The number of hydrogen-bond acceptors (Lipinski definition) is 2. The third kappa shape index (κ3) is 4.14. The molecule has 0 aromatic heterocycles. The Bertz CT molecular complexity index is 763. The molecule has 180 valence electrons. The number of rotatable bonds is 5. The predicted molar refractivity (Wildman–Crippen MR) is 133 cm³/mol. The van der Waals surface area contributed by atoms with Crippen LogP contribution >= 0.6 is 0 Å². The molecule has 4 aliphatic rings. The maximum Gasteiger partial charge on any atom is 0.302 e. The Morgan fingerprint density at radius 1 is 1.00 bits per heavy atom. The summed E-state index contributed by atoms with van der Waals surface area (Å²) >= 11 is 0. The van der Waals surface area contributed by atoms with Gasteiger partial charge in [0, 0.05) is 6.92 Å². The number of hydrogen-bond donors (Lipinski definition) is 0. The molecule has 32 heavy (non-hydrogen) atoms. The largest absolute Gasteiger partial charge is 0.463 e. The topological polar surface area (TPSA) is 26.3 Å². The molecule has 0 saturated heterocycles. The molecule has 2 nitrogen and oxygen atoms in total. The van der Waals surface area contributed by atoms with Crippen LogP contribution in [-0.2, 0) is 9.53 Å². The maximum atomic E-state index is 11.5. The van der Waals surface area contributed by atoms with E-state index >= 15 is 0 Å². The highest BCUT2D eigenvalue weighted by Crippen LogP contribution is 2.66. The van der Waals surface area contributed by atoms with Crippen molar-refractivity contribution in [2.45, 2.75) is 106 Å². The van der Waals surface area contributed by atoms with Crippen molar-refractivity contribution in [1.82, 2.24) is 0 Å². The lowest BCUT2D eigenvalue weighted by Gasteiger charge is -2.58. The van der Waals surface area contributed by atoms with Gasteiger partial charge < -0.3 is 4.74 Å². The smallest absolute Gasteiger partial charge is 0.302 e. The number of allylic oxidation sites excluding steroid dienone is 4. The third-order valence-corrected chi connectivity index (χ3v) is 10.8. The Labute approximate surface area is 197 Å². The van der Waals surface area contributed by atoms with Crippen molar-refractivity contribution in [2.75, 3.05) is 0 Å². The molecule has 0 aromatic carbocycles. The summed E-state index contributed by atoms with van der Waals surface area (Å²) in [6.07, 6.45) is 17.9. The second-order valence-corrected chi connectivity index (χ2v) is 12.8. The van der Waals surface area contributed by atoms with Crippen molar-refractivity contribution in [1.29, 1.82) is 0 Å². The maximum absolute atomic E-state index is 11.5. The summed E-state index contributed by atoms with van der Waals surface area (Å²) < 4.78 is 5.64. The van der Waals surface area contributed by atoms with Gasteiger partial charge in [-0.2, -0.15) is 0 Å². The number of fused-ring (bicyclic) bond motifs is 5. The lowest BCUT2D eigenvalue weighted by atomic mass is 9.47. The second kappa shape index (κ2) is 8.95. The molecule has 0 heterocycles. The summed E-state index contributed by atoms with van der Waals surface area (Å²) in [6.45, 7) is 16.3. The van der Waals surface area contributed by atoms with Crippen LogP contribution in [0.1, 0.15) is 99.8 Å². The standard InChI is InChI=1S/C30H48O2/c1-19(2)20(3)8-9-21(4)26-12-13-27-25-11-10-23-18-24(32-22(5)31)14-16-29(23,6)28(25)15-17-30(26,27)7/h8-9,11,19-21,23-24,26-28H,10,12-18H2,1-7H3/b9-8+/t20-,21-,23+,24-,26+,27-,28-,29-,30+/m0/s1. The molecule has 3 saturated carbocycles.